The molecule has 0 bridgehead atoms. The minimum Gasteiger partial charge on any atom is -0.478 e. The van der Waals surface area contributed by atoms with Gasteiger partial charge in [-0.3, -0.25) is 0 Å². The summed E-state index contributed by atoms with van der Waals surface area (Å²) < 4.78 is 5.52. The fourth-order valence-electron chi connectivity index (χ4n) is 1.85. The number of carbonyl (C=O) groups is 1. The summed E-state index contributed by atoms with van der Waals surface area (Å²) in [5.74, 6) is 0.727. The zero-order valence-electron chi connectivity index (χ0n) is 10.6. The van der Waals surface area contributed by atoms with Crippen LogP contribution in [0.3, 0.4) is 0 Å². The molecule has 0 amide bonds. The van der Waals surface area contributed by atoms with Crippen molar-refractivity contribution in [2.24, 2.45) is 0 Å². The van der Waals surface area contributed by atoms with Gasteiger partial charge < -0.3 is 14.8 Å². The van der Waals surface area contributed by atoms with Crippen LogP contribution in [0.1, 0.15) is 27.4 Å². The maximum Gasteiger partial charge on any atom is 0.335 e. The Labute approximate surface area is 105 Å². The third-order valence-corrected chi connectivity index (χ3v) is 2.94. The average molecular weight is 245 g/mol. The van der Waals surface area contributed by atoms with Crippen LogP contribution in [0.25, 0.3) is 0 Å². The van der Waals surface area contributed by atoms with Gasteiger partial charge in [-0.1, -0.05) is 6.07 Å². The van der Waals surface area contributed by atoms with Crippen molar-refractivity contribution in [3.8, 4) is 0 Å². The lowest BCUT2D eigenvalue weighted by Gasteiger charge is -2.07. The van der Waals surface area contributed by atoms with Crippen molar-refractivity contribution in [1.29, 1.82) is 0 Å². The summed E-state index contributed by atoms with van der Waals surface area (Å²) in [6.45, 7) is 5.75. The molecule has 4 heteroatoms. The van der Waals surface area contributed by atoms with E-state index in [1.54, 1.807) is 18.2 Å². The first-order valence-corrected chi connectivity index (χ1v) is 5.66. The SMILES string of the molecule is Cc1oc(C)c(Nc2cccc(C(=O)O)c2)c1C. The summed E-state index contributed by atoms with van der Waals surface area (Å²) in [7, 11) is 0. The van der Waals surface area contributed by atoms with Crippen molar-refractivity contribution in [2.75, 3.05) is 5.32 Å². The van der Waals surface area contributed by atoms with Gasteiger partial charge in [-0.25, -0.2) is 4.79 Å². The highest BCUT2D eigenvalue weighted by Gasteiger charge is 2.11. The smallest absolute Gasteiger partial charge is 0.335 e. The van der Waals surface area contributed by atoms with Gasteiger partial charge in [-0.2, -0.15) is 0 Å². The van der Waals surface area contributed by atoms with Crippen LogP contribution in [0, 0.1) is 20.8 Å². The molecule has 0 aliphatic heterocycles. The normalized spacial score (nSPS) is 10.4. The van der Waals surface area contributed by atoms with Crippen molar-refractivity contribution in [2.45, 2.75) is 20.8 Å². The zero-order chi connectivity index (χ0) is 13.3. The van der Waals surface area contributed by atoms with E-state index in [4.69, 9.17) is 9.52 Å². The molecule has 2 rings (SSSR count). The van der Waals surface area contributed by atoms with Crippen molar-refractivity contribution in [1.82, 2.24) is 0 Å². The molecule has 4 nitrogen and oxygen atoms in total. The van der Waals surface area contributed by atoms with Crippen LogP contribution in [-0.2, 0) is 0 Å². The number of benzene rings is 1. The Morgan fingerprint density at radius 1 is 1.22 bits per heavy atom. The molecule has 0 spiro atoms. The fourth-order valence-corrected chi connectivity index (χ4v) is 1.85. The number of anilines is 2. The Kier molecular flexibility index (Phi) is 3.10. The highest BCUT2D eigenvalue weighted by atomic mass is 16.4. The number of carboxylic acids is 1. The summed E-state index contributed by atoms with van der Waals surface area (Å²) in [4.78, 5) is 10.9. The van der Waals surface area contributed by atoms with Crippen molar-refractivity contribution in [3.63, 3.8) is 0 Å². The van der Waals surface area contributed by atoms with Gasteiger partial charge in [0.05, 0.1) is 11.3 Å². The first kappa shape index (κ1) is 12.2. The van der Waals surface area contributed by atoms with E-state index in [2.05, 4.69) is 5.32 Å². The molecule has 0 saturated carbocycles. The van der Waals surface area contributed by atoms with Gasteiger partial charge in [0.2, 0.25) is 0 Å². The second kappa shape index (κ2) is 4.56. The molecule has 0 saturated heterocycles. The Morgan fingerprint density at radius 2 is 1.94 bits per heavy atom. The quantitative estimate of drug-likeness (QED) is 0.866. The maximum absolute atomic E-state index is 10.9. The predicted molar refractivity (Wildman–Crippen MR) is 69.6 cm³/mol. The molecule has 94 valence electrons. The van der Waals surface area contributed by atoms with Gasteiger partial charge in [0, 0.05) is 11.3 Å². The first-order chi connectivity index (χ1) is 8.49. The van der Waals surface area contributed by atoms with E-state index in [1.807, 2.05) is 26.8 Å². The number of nitrogens with one attached hydrogen (secondary N) is 1. The van der Waals surface area contributed by atoms with E-state index in [1.165, 1.54) is 0 Å². The van der Waals surface area contributed by atoms with E-state index in [0.717, 1.165) is 28.5 Å². The second-order valence-corrected chi connectivity index (χ2v) is 4.23. The van der Waals surface area contributed by atoms with Gasteiger partial charge in [-0.05, 0) is 39.0 Å². The summed E-state index contributed by atoms with van der Waals surface area (Å²) in [6, 6.07) is 6.70. The number of carboxylic acid groups (broad SMARTS) is 1. The molecule has 2 aromatic rings. The summed E-state index contributed by atoms with van der Waals surface area (Å²) in [5, 5.41) is 12.1. The standard InChI is InChI=1S/C14H15NO3/c1-8-9(2)18-10(3)13(8)15-12-6-4-5-11(7-12)14(16)17/h4-7,15H,1-3H3,(H,16,17). The van der Waals surface area contributed by atoms with Crippen molar-refractivity contribution < 1.29 is 14.3 Å². The van der Waals surface area contributed by atoms with Gasteiger partial charge >= 0.3 is 5.97 Å². The van der Waals surface area contributed by atoms with Gasteiger partial charge in [0.1, 0.15) is 11.5 Å². The lowest BCUT2D eigenvalue weighted by molar-refractivity contribution is 0.0697. The monoisotopic (exact) mass is 245 g/mol. The van der Waals surface area contributed by atoms with Crippen LogP contribution in [0.4, 0.5) is 11.4 Å². The molecule has 0 fully saturated rings. The minimum atomic E-state index is -0.935. The Morgan fingerprint density at radius 3 is 2.50 bits per heavy atom. The highest BCUT2D eigenvalue weighted by Crippen LogP contribution is 2.29. The average Bonchev–Trinajstić information content (AvgIpc) is 2.56. The molecule has 0 radical (unpaired) electrons. The number of aromatic carboxylic acids is 1. The van der Waals surface area contributed by atoms with Crippen LogP contribution >= 0.6 is 0 Å². The molecular weight excluding hydrogens is 230 g/mol. The molecule has 0 aliphatic carbocycles. The lowest BCUT2D eigenvalue weighted by Crippen LogP contribution is -1.98. The van der Waals surface area contributed by atoms with Crippen molar-refractivity contribution >= 4 is 17.3 Å². The van der Waals surface area contributed by atoms with Crippen LogP contribution in [0.2, 0.25) is 0 Å². The minimum absolute atomic E-state index is 0.260. The fraction of sp³-hybridized carbons (Fsp3) is 0.214. The third-order valence-electron chi connectivity index (χ3n) is 2.94. The Bertz CT molecular complexity index is 599. The highest BCUT2D eigenvalue weighted by molar-refractivity contribution is 5.89. The van der Waals surface area contributed by atoms with Gasteiger partial charge in [0.15, 0.2) is 0 Å². The number of hydrogen-bond donors (Lipinski definition) is 2. The van der Waals surface area contributed by atoms with Gasteiger partial charge in [0.25, 0.3) is 0 Å². The van der Waals surface area contributed by atoms with Crippen LogP contribution < -0.4 is 5.32 Å². The van der Waals surface area contributed by atoms with Gasteiger partial charge in [-0.15, -0.1) is 0 Å². The van der Waals surface area contributed by atoms with Crippen LogP contribution in [-0.4, -0.2) is 11.1 Å². The summed E-state index contributed by atoms with van der Waals surface area (Å²) >= 11 is 0. The Balaban J connectivity index is 2.34. The van der Waals surface area contributed by atoms with E-state index in [9.17, 15) is 4.79 Å². The van der Waals surface area contributed by atoms with E-state index < -0.39 is 5.97 Å². The van der Waals surface area contributed by atoms with Crippen molar-refractivity contribution in [3.05, 3.63) is 46.9 Å². The topological polar surface area (TPSA) is 62.5 Å². The van der Waals surface area contributed by atoms with E-state index in [-0.39, 0.29) is 5.56 Å². The number of aryl methyl sites for hydroxylation is 2. The lowest BCUT2D eigenvalue weighted by atomic mass is 10.2. The maximum atomic E-state index is 10.9. The Hall–Kier alpha value is -2.23. The molecule has 0 unspecified atom stereocenters. The number of rotatable bonds is 3. The molecule has 1 aromatic carbocycles. The number of furan rings is 1. The molecular formula is C14H15NO3. The van der Waals surface area contributed by atoms with Crippen LogP contribution in [0.5, 0.6) is 0 Å². The third kappa shape index (κ3) is 2.22. The largest absolute Gasteiger partial charge is 0.478 e. The molecule has 0 aliphatic rings. The first-order valence-electron chi connectivity index (χ1n) is 5.66. The number of hydrogen-bond acceptors (Lipinski definition) is 3. The van der Waals surface area contributed by atoms with E-state index in [0.29, 0.717) is 0 Å². The molecule has 0 atom stereocenters. The second-order valence-electron chi connectivity index (χ2n) is 4.23. The molecule has 1 aromatic heterocycles. The summed E-state index contributed by atoms with van der Waals surface area (Å²) in [5.41, 5.74) is 2.93. The zero-order valence-corrected chi connectivity index (χ0v) is 10.6. The predicted octanol–water partition coefficient (Wildman–Crippen LogP) is 3.65. The van der Waals surface area contributed by atoms with E-state index >= 15 is 0 Å². The van der Waals surface area contributed by atoms with Crippen LogP contribution in [0.15, 0.2) is 28.7 Å². The summed E-state index contributed by atoms with van der Waals surface area (Å²) in [6.07, 6.45) is 0. The molecule has 1 heterocycles. The molecule has 2 N–H and O–H groups in total. The molecule has 18 heavy (non-hydrogen) atoms.